The lowest BCUT2D eigenvalue weighted by Gasteiger charge is -2.23. The molecule has 0 bridgehead atoms. The molecule has 9 heteroatoms. The monoisotopic (exact) mass is 480 g/mol. The van der Waals surface area contributed by atoms with E-state index in [1.165, 1.54) is 16.2 Å². The van der Waals surface area contributed by atoms with Gasteiger partial charge in [0.15, 0.2) is 0 Å². The molecule has 170 valence electrons. The van der Waals surface area contributed by atoms with Gasteiger partial charge in [-0.05, 0) is 37.1 Å². The summed E-state index contributed by atoms with van der Waals surface area (Å²) in [6, 6.07) is 14.9. The molecule has 7 nitrogen and oxygen atoms in total. The van der Waals surface area contributed by atoms with E-state index in [4.69, 9.17) is 17.0 Å². The smallest absolute Gasteiger partial charge is 0.267 e. The number of carbonyl (C=O) groups excluding carboxylic acids is 1. The predicted octanol–water partition coefficient (Wildman–Crippen LogP) is 4.11. The molecule has 1 N–H and O–H groups in total. The number of pyridine rings is 1. The first kappa shape index (κ1) is 23.2. The number of rotatable bonds is 8. The Kier molecular flexibility index (Phi) is 7.22. The van der Waals surface area contributed by atoms with Crippen molar-refractivity contribution < 1.29 is 9.53 Å². The number of aromatic nitrogens is 2. The number of fused-ring (bicyclic) bond motifs is 1. The number of nitrogens with one attached hydrogen (secondary N) is 1. The van der Waals surface area contributed by atoms with Crippen molar-refractivity contribution in [3.8, 4) is 0 Å². The number of thiocarbonyl (C=S) groups is 1. The molecular weight excluding hydrogens is 456 g/mol. The third kappa shape index (κ3) is 4.85. The lowest BCUT2D eigenvalue weighted by atomic mass is 10.1. The normalized spacial score (nSPS) is 16.1. The van der Waals surface area contributed by atoms with Crippen molar-refractivity contribution in [1.29, 1.82) is 0 Å². The quantitative estimate of drug-likeness (QED) is 0.295. The number of anilines is 1. The molecule has 0 spiro atoms. The van der Waals surface area contributed by atoms with Crippen molar-refractivity contribution in [3.05, 3.63) is 81.1 Å². The van der Waals surface area contributed by atoms with Crippen LogP contribution in [0.5, 0.6) is 0 Å². The minimum Gasteiger partial charge on any atom is -0.385 e. The minimum atomic E-state index is -0.254. The van der Waals surface area contributed by atoms with E-state index in [0.717, 1.165) is 12.0 Å². The van der Waals surface area contributed by atoms with Crippen LogP contribution in [0.4, 0.5) is 5.82 Å². The summed E-state index contributed by atoms with van der Waals surface area (Å²) in [5.41, 5.74) is 1.59. The maximum Gasteiger partial charge on any atom is 0.267 e. The van der Waals surface area contributed by atoms with Gasteiger partial charge in [-0.15, -0.1) is 0 Å². The van der Waals surface area contributed by atoms with Gasteiger partial charge in [0.1, 0.15) is 15.8 Å². The molecule has 4 rings (SSSR count). The van der Waals surface area contributed by atoms with E-state index in [1.807, 2.05) is 43.3 Å². The molecule has 1 aliphatic rings. The zero-order valence-electron chi connectivity index (χ0n) is 18.4. The fourth-order valence-corrected chi connectivity index (χ4v) is 5.02. The van der Waals surface area contributed by atoms with Crippen LogP contribution in [-0.2, 0) is 9.53 Å². The summed E-state index contributed by atoms with van der Waals surface area (Å²) in [5, 5.41) is 3.22. The Labute approximate surface area is 201 Å². The number of methoxy groups -OCH3 is 1. The highest BCUT2D eigenvalue weighted by molar-refractivity contribution is 8.26. The fourth-order valence-electron chi connectivity index (χ4n) is 3.62. The molecule has 1 saturated heterocycles. The van der Waals surface area contributed by atoms with Crippen LogP contribution in [0.3, 0.4) is 0 Å². The standard InChI is InChI=1S/C24H24N4O3S2/c1-16(17-9-4-3-5-10-17)28-23(30)19(33-24(28)32)15-18-21(25-12-8-14-31-2)26-20-11-6-7-13-27(20)22(18)29/h3-7,9-11,13,15-16,25H,8,12,14H2,1-2H3/b19-15+/t16-/m0/s1. The molecule has 1 aromatic carbocycles. The Balaban J connectivity index is 1.71. The number of thioether (sulfide) groups is 1. The third-order valence-electron chi connectivity index (χ3n) is 5.35. The summed E-state index contributed by atoms with van der Waals surface area (Å²) in [4.78, 5) is 33.2. The lowest BCUT2D eigenvalue weighted by molar-refractivity contribution is -0.123. The maximum atomic E-state index is 13.3. The fraction of sp³-hybridized carbons (Fsp3) is 0.250. The van der Waals surface area contributed by atoms with Crippen molar-refractivity contribution in [2.75, 3.05) is 25.6 Å². The molecule has 3 aromatic rings. The van der Waals surface area contributed by atoms with Crippen molar-refractivity contribution in [2.45, 2.75) is 19.4 Å². The van der Waals surface area contributed by atoms with Crippen LogP contribution in [0.25, 0.3) is 11.7 Å². The summed E-state index contributed by atoms with van der Waals surface area (Å²) < 4.78 is 7.04. The van der Waals surface area contributed by atoms with E-state index < -0.39 is 0 Å². The molecule has 33 heavy (non-hydrogen) atoms. The van der Waals surface area contributed by atoms with Crippen LogP contribution in [-0.4, -0.2) is 44.8 Å². The topological polar surface area (TPSA) is 75.9 Å². The third-order valence-corrected chi connectivity index (χ3v) is 6.69. The highest BCUT2D eigenvalue weighted by Gasteiger charge is 2.36. The zero-order valence-corrected chi connectivity index (χ0v) is 20.0. The molecule has 1 atom stereocenters. The van der Waals surface area contributed by atoms with E-state index in [1.54, 1.807) is 36.4 Å². The van der Waals surface area contributed by atoms with E-state index in [2.05, 4.69) is 10.3 Å². The minimum absolute atomic E-state index is 0.216. The van der Waals surface area contributed by atoms with Crippen LogP contribution >= 0.6 is 24.0 Å². The highest BCUT2D eigenvalue weighted by atomic mass is 32.2. The second kappa shape index (κ2) is 10.3. The van der Waals surface area contributed by atoms with Gasteiger partial charge in [0, 0.05) is 26.5 Å². The van der Waals surface area contributed by atoms with Crippen LogP contribution in [0.15, 0.2) is 64.4 Å². The van der Waals surface area contributed by atoms with Gasteiger partial charge >= 0.3 is 0 Å². The van der Waals surface area contributed by atoms with Crippen molar-refractivity contribution in [1.82, 2.24) is 14.3 Å². The lowest BCUT2D eigenvalue weighted by Crippen LogP contribution is -2.31. The Morgan fingerprint density at radius 3 is 2.70 bits per heavy atom. The van der Waals surface area contributed by atoms with E-state index in [0.29, 0.717) is 39.4 Å². The van der Waals surface area contributed by atoms with Gasteiger partial charge in [-0.25, -0.2) is 4.98 Å². The summed E-state index contributed by atoms with van der Waals surface area (Å²) >= 11 is 6.73. The number of benzene rings is 1. The SMILES string of the molecule is COCCCNc1nc2ccccn2c(=O)c1/C=C1/SC(=S)N([C@@H](C)c2ccccc2)C1=O. The van der Waals surface area contributed by atoms with Gasteiger partial charge in [-0.3, -0.25) is 18.9 Å². The Morgan fingerprint density at radius 1 is 1.18 bits per heavy atom. The largest absolute Gasteiger partial charge is 0.385 e. The van der Waals surface area contributed by atoms with Crippen LogP contribution in [0.2, 0.25) is 0 Å². The first-order valence-electron chi connectivity index (χ1n) is 10.6. The summed E-state index contributed by atoms with van der Waals surface area (Å²) in [7, 11) is 1.64. The number of hydrogen-bond acceptors (Lipinski definition) is 7. The Hall–Kier alpha value is -3.01. The van der Waals surface area contributed by atoms with Gasteiger partial charge in [0.05, 0.1) is 16.5 Å². The van der Waals surface area contributed by atoms with E-state index in [-0.39, 0.29) is 17.5 Å². The molecule has 1 amide bonds. The number of nitrogens with zero attached hydrogens (tertiary/aromatic N) is 3. The van der Waals surface area contributed by atoms with Crippen molar-refractivity contribution in [3.63, 3.8) is 0 Å². The summed E-state index contributed by atoms with van der Waals surface area (Å²) in [6.45, 7) is 3.11. The molecular formula is C24H24N4O3S2. The Bertz CT molecular complexity index is 1270. The average molecular weight is 481 g/mol. The number of amides is 1. The van der Waals surface area contributed by atoms with Crippen molar-refractivity contribution >= 4 is 51.7 Å². The number of hydrogen-bond donors (Lipinski definition) is 1. The van der Waals surface area contributed by atoms with Crippen LogP contribution < -0.4 is 10.9 Å². The predicted molar refractivity (Wildman–Crippen MR) is 136 cm³/mol. The number of carbonyl (C=O) groups is 1. The van der Waals surface area contributed by atoms with Crippen LogP contribution in [0, 0.1) is 0 Å². The molecule has 2 aromatic heterocycles. The zero-order chi connectivity index (χ0) is 23.4. The molecule has 1 aliphatic heterocycles. The second-order valence-corrected chi connectivity index (χ2v) is 9.20. The van der Waals surface area contributed by atoms with E-state index >= 15 is 0 Å². The number of ether oxygens (including phenoxy) is 1. The second-order valence-electron chi connectivity index (χ2n) is 7.52. The van der Waals surface area contributed by atoms with Gasteiger partial charge < -0.3 is 10.1 Å². The first-order chi connectivity index (χ1) is 16.0. The van der Waals surface area contributed by atoms with E-state index in [9.17, 15) is 9.59 Å². The Morgan fingerprint density at radius 2 is 1.94 bits per heavy atom. The van der Waals surface area contributed by atoms with Crippen LogP contribution in [0.1, 0.15) is 30.5 Å². The van der Waals surface area contributed by atoms with Gasteiger partial charge in [-0.2, -0.15) is 0 Å². The average Bonchev–Trinajstić information content (AvgIpc) is 3.11. The summed E-state index contributed by atoms with van der Waals surface area (Å²) in [5.74, 6) is 0.216. The summed E-state index contributed by atoms with van der Waals surface area (Å²) in [6.07, 6.45) is 4.02. The van der Waals surface area contributed by atoms with Gasteiger partial charge in [-0.1, -0.05) is 60.4 Å². The molecule has 0 saturated carbocycles. The van der Waals surface area contributed by atoms with Crippen molar-refractivity contribution in [2.24, 2.45) is 0 Å². The molecule has 0 radical (unpaired) electrons. The molecule has 1 fully saturated rings. The molecule has 3 heterocycles. The molecule has 0 aliphatic carbocycles. The van der Waals surface area contributed by atoms with Gasteiger partial charge in [0.2, 0.25) is 0 Å². The first-order valence-corrected chi connectivity index (χ1v) is 11.8. The highest BCUT2D eigenvalue weighted by Crippen LogP contribution is 2.38. The molecule has 0 unspecified atom stereocenters. The maximum absolute atomic E-state index is 13.3. The van der Waals surface area contributed by atoms with Gasteiger partial charge in [0.25, 0.3) is 11.5 Å².